The molecule has 0 fully saturated rings. The van der Waals surface area contributed by atoms with Crippen molar-refractivity contribution in [3.05, 3.63) is 49.1 Å². The van der Waals surface area contributed by atoms with Crippen molar-refractivity contribution in [1.82, 2.24) is 15.0 Å². The van der Waals surface area contributed by atoms with E-state index in [1.165, 1.54) is 6.20 Å². The molecule has 0 unspecified atom stereocenters. The number of aromatic nitrogens is 3. The zero-order valence-corrected chi connectivity index (χ0v) is 14.6. The summed E-state index contributed by atoms with van der Waals surface area (Å²) in [5.41, 5.74) is 0.704. The maximum Gasteiger partial charge on any atom is 0.239 e. The average molecular weight is 354 g/mol. The van der Waals surface area contributed by atoms with Crippen LogP contribution in [0.1, 0.15) is 0 Å². The quantitative estimate of drug-likeness (QED) is 0.690. The summed E-state index contributed by atoms with van der Waals surface area (Å²) in [6, 6.07) is 7.03. The molecule has 1 N–H and O–H groups in total. The van der Waals surface area contributed by atoms with Gasteiger partial charge in [0.15, 0.2) is 17.3 Å². The monoisotopic (exact) mass is 354 g/mol. The Balaban J connectivity index is 1.84. The summed E-state index contributed by atoms with van der Waals surface area (Å²) in [5.74, 6) is 3.07. The molecule has 0 amide bonds. The predicted molar refractivity (Wildman–Crippen MR) is 95.7 cm³/mol. The lowest BCUT2D eigenvalue weighted by atomic mass is 10.2. The van der Waals surface area contributed by atoms with Gasteiger partial charge in [0.05, 0.1) is 33.7 Å². The first-order valence-electron chi connectivity index (χ1n) is 7.70. The van der Waals surface area contributed by atoms with Crippen LogP contribution in [0.5, 0.6) is 28.9 Å². The first kappa shape index (κ1) is 17.3. The number of methoxy groups -OCH3 is 3. The second-order valence-corrected chi connectivity index (χ2v) is 5.07. The minimum atomic E-state index is 0.355. The van der Waals surface area contributed by atoms with Crippen molar-refractivity contribution in [3.8, 4) is 28.9 Å². The Morgan fingerprint density at radius 2 is 1.54 bits per heavy atom. The van der Waals surface area contributed by atoms with Crippen molar-refractivity contribution < 1.29 is 18.9 Å². The van der Waals surface area contributed by atoms with E-state index in [4.69, 9.17) is 18.9 Å². The SMILES string of the molecule is COc1cc(Nc2cncc(Oc3ccncc3)n2)cc(OC)c1OC. The van der Waals surface area contributed by atoms with Gasteiger partial charge in [-0.3, -0.25) is 9.97 Å². The number of hydrogen-bond donors (Lipinski definition) is 1. The minimum Gasteiger partial charge on any atom is -0.493 e. The Morgan fingerprint density at radius 3 is 2.15 bits per heavy atom. The molecular weight excluding hydrogens is 336 g/mol. The van der Waals surface area contributed by atoms with Gasteiger partial charge in [0, 0.05) is 30.2 Å². The van der Waals surface area contributed by atoms with Crippen molar-refractivity contribution in [3.63, 3.8) is 0 Å². The van der Waals surface area contributed by atoms with Crippen molar-refractivity contribution >= 4 is 11.5 Å². The average Bonchev–Trinajstić information content (AvgIpc) is 2.68. The number of nitrogens with zero attached hydrogens (tertiary/aromatic N) is 3. The van der Waals surface area contributed by atoms with Crippen molar-refractivity contribution in [2.75, 3.05) is 26.6 Å². The molecule has 2 aromatic heterocycles. The van der Waals surface area contributed by atoms with E-state index in [1.54, 1.807) is 64.2 Å². The fraction of sp³-hybridized carbons (Fsp3) is 0.167. The van der Waals surface area contributed by atoms with E-state index in [9.17, 15) is 0 Å². The molecule has 0 radical (unpaired) electrons. The summed E-state index contributed by atoms with van der Waals surface area (Å²) < 4.78 is 21.7. The summed E-state index contributed by atoms with van der Waals surface area (Å²) in [7, 11) is 4.67. The van der Waals surface area contributed by atoms with E-state index in [-0.39, 0.29) is 0 Å². The lowest BCUT2D eigenvalue weighted by Gasteiger charge is -2.15. The van der Waals surface area contributed by atoms with Crippen LogP contribution in [0.3, 0.4) is 0 Å². The largest absolute Gasteiger partial charge is 0.493 e. The van der Waals surface area contributed by atoms with E-state index < -0.39 is 0 Å². The Morgan fingerprint density at radius 1 is 0.846 bits per heavy atom. The van der Waals surface area contributed by atoms with Crippen LogP contribution >= 0.6 is 0 Å². The molecule has 0 spiro atoms. The van der Waals surface area contributed by atoms with E-state index in [0.29, 0.717) is 40.4 Å². The highest BCUT2D eigenvalue weighted by molar-refractivity contribution is 5.66. The number of hydrogen-bond acceptors (Lipinski definition) is 8. The molecule has 0 atom stereocenters. The zero-order chi connectivity index (χ0) is 18.4. The summed E-state index contributed by atoms with van der Waals surface area (Å²) in [4.78, 5) is 12.5. The summed E-state index contributed by atoms with van der Waals surface area (Å²) in [6.07, 6.45) is 6.39. The van der Waals surface area contributed by atoms with Gasteiger partial charge in [-0.05, 0) is 12.1 Å². The second kappa shape index (κ2) is 8.02. The number of pyridine rings is 1. The number of benzene rings is 1. The molecule has 0 saturated heterocycles. The van der Waals surface area contributed by atoms with Crippen LogP contribution in [0.25, 0.3) is 0 Å². The molecule has 3 aromatic rings. The molecule has 0 saturated carbocycles. The van der Waals surface area contributed by atoms with Gasteiger partial charge in [-0.15, -0.1) is 0 Å². The van der Waals surface area contributed by atoms with Crippen LogP contribution in [0.2, 0.25) is 0 Å². The van der Waals surface area contributed by atoms with Crippen LogP contribution in [0, 0.1) is 0 Å². The third kappa shape index (κ3) is 3.92. The Bertz CT molecular complexity index is 849. The second-order valence-electron chi connectivity index (χ2n) is 5.07. The summed E-state index contributed by atoms with van der Waals surface area (Å²) in [6.45, 7) is 0. The first-order valence-corrected chi connectivity index (χ1v) is 7.70. The van der Waals surface area contributed by atoms with Crippen LogP contribution in [0.4, 0.5) is 11.5 Å². The molecular formula is C18H18N4O4. The lowest BCUT2D eigenvalue weighted by Crippen LogP contribution is -2.00. The Labute approximate surface area is 150 Å². The smallest absolute Gasteiger partial charge is 0.239 e. The number of rotatable bonds is 7. The molecule has 0 bridgehead atoms. The zero-order valence-electron chi connectivity index (χ0n) is 14.6. The van der Waals surface area contributed by atoms with E-state index in [0.717, 1.165) is 0 Å². The number of anilines is 2. The van der Waals surface area contributed by atoms with Crippen LogP contribution < -0.4 is 24.3 Å². The standard InChI is InChI=1S/C18H18N4O4/c1-23-14-8-12(9-15(24-2)18(14)25-3)21-16-10-20-11-17(22-16)26-13-4-6-19-7-5-13/h4-11H,1-3H3,(H,21,22). The van der Waals surface area contributed by atoms with E-state index >= 15 is 0 Å². The highest BCUT2D eigenvalue weighted by Crippen LogP contribution is 2.40. The maximum atomic E-state index is 5.66. The van der Waals surface area contributed by atoms with Gasteiger partial charge in [0.25, 0.3) is 0 Å². The van der Waals surface area contributed by atoms with Crippen molar-refractivity contribution in [2.45, 2.75) is 0 Å². The normalized spacial score (nSPS) is 10.1. The van der Waals surface area contributed by atoms with Gasteiger partial charge in [-0.2, -0.15) is 4.98 Å². The molecule has 8 nitrogen and oxygen atoms in total. The molecule has 0 aliphatic carbocycles. The number of nitrogens with one attached hydrogen (secondary N) is 1. The molecule has 2 heterocycles. The molecule has 0 aliphatic heterocycles. The maximum absolute atomic E-state index is 5.66. The molecule has 3 rings (SSSR count). The summed E-state index contributed by atoms with van der Waals surface area (Å²) in [5, 5.41) is 3.15. The predicted octanol–water partition coefficient (Wildman–Crippen LogP) is 3.43. The van der Waals surface area contributed by atoms with Gasteiger partial charge in [0.2, 0.25) is 11.6 Å². The van der Waals surface area contributed by atoms with Gasteiger partial charge in [-0.25, -0.2) is 0 Å². The lowest BCUT2D eigenvalue weighted by molar-refractivity contribution is 0.324. The Kier molecular flexibility index (Phi) is 5.33. The van der Waals surface area contributed by atoms with Crippen LogP contribution in [-0.4, -0.2) is 36.3 Å². The van der Waals surface area contributed by atoms with E-state index in [2.05, 4.69) is 20.3 Å². The van der Waals surface area contributed by atoms with Crippen molar-refractivity contribution in [2.24, 2.45) is 0 Å². The first-order chi connectivity index (χ1) is 12.7. The molecule has 26 heavy (non-hydrogen) atoms. The third-order valence-corrected chi connectivity index (χ3v) is 3.42. The van der Waals surface area contributed by atoms with Gasteiger partial charge >= 0.3 is 0 Å². The van der Waals surface area contributed by atoms with Crippen molar-refractivity contribution in [1.29, 1.82) is 0 Å². The van der Waals surface area contributed by atoms with Gasteiger partial charge in [0.1, 0.15) is 5.75 Å². The molecule has 0 aliphatic rings. The summed E-state index contributed by atoms with van der Waals surface area (Å²) >= 11 is 0. The molecule has 8 heteroatoms. The van der Waals surface area contributed by atoms with Crippen LogP contribution in [-0.2, 0) is 0 Å². The minimum absolute atomic E-state index is 0.355. The van der Waals surface area contributed by atoms with Gasteiger partial charge < -0.3 is 24.3 Å². The van der Waals surface area contributed by atoms with E-state index in [1.807, 2.05) is 0 Å². The molecule has 1 aromatic carbocycles. The fourth-order valence-electron chi connectivity index (χ4n) is 2.29. The number of ether oxygens (including phenoxy) is 4. The topological polar surface area (TPSA) is 87.6 Å². The van der Waals surface area contributed by atoms with Gasteiger partial charge in [-0.1, -0.05) is 0 Å². The van der Waals surface area contributed by atoms with Crippen LogP contribution in [0.15, 0.2) is 49.1 Å². The highest BCUT2D eigenvalue weighted by Gasteiger charge is 2.13. The fourth-order valence-corrected chi connectivity index (χ4v) is 2.29. The molecule has 134 valence electrons. The highest BCUT2D eigenvalue weighted by atomic mass is 16.5. The Hall–Kier alpha value is -3.55. The third-order valence-electron chi connectivity index (χ3n) is 3.42.